The molecule has 0 saturated carbocycles. The monoisotopic (exact) mass is 187 g/mol. The maximum Gasteiger partial charge on any atom is 0.156 e. The minimum Gasteiger partial charge on any atom is -0.409 e. The van der Waals surface area contributed by atoms with Crippen LogP contribution in [0.25, 0.3) is 0 Å². The van der Waals surface area contributed by atoms with Crippen molar-refractivity contribution in [3.63, 3.8) is 0 Å². The van der Waals surface area contributed by atoms with Crippen LogP contribution in [0.4, 0.5) is 0 Å². The first-order chi connectivity index (χ1) is 6.02. The topological polar surface area (TPSA) is 70.6 Å². The Bertz CT molecular complexity index is 168. The third-order valence-electron chi connectivity index (χ3n) is 2.27. The minimum absolute atomic E-state index is 0.0719. The van der Waals surface area contributed by atoms with Gasteiger partial charge in [-0.15, -0.1) is 0 Å². The van der Waals surface area contributed by atoms with E-state index in [1.807, 2.05) is 6.92 Å². The number of hydrogen-bond donors (Lipinski definition) is 3. The summed E-state index contributed by atoms with van der Waals surface area (Å²) in [5, 5.41) is 14.7. The van der Waals surface area contributed by atoms with Crippen molar-refractivity contribution in [3.8, 4) is 0 Å². The molecule has 0 aromatic rings. The molecule has 4 N–H and O–H groups in total. The van der Waals surface area contributed by atoms with Crippen LogP contribution in [-0.2, 0) is 0 Å². The summed E-state index contributed by atoms with van der Waals surface area (Å²) in [4.78, 5) is 0. The van der Waals surface area contributed by atoms with Crippen molar-refractivity contribution in [2.75, 3.05) is 0 Å². The standard InChI is InChI=1S/C9H21N3O/c1-5-8(6(2)3)11-7(4)9(10)12-13/h6-8,11,13H,5H2,1-4H3,(H2,10,12). The number of nitrogens with two attached hydrogens (primary N) is 1. The molecule has 0 bridgehead atoms. The van der Waals surface area contributed by atoms with E-state index in [1.165, 1.54) is 0 Å². The van der Waals surface area contributed by atoms with Crippen molar-refractivity contribution in [1.29, 1.82) is 0 Å². The first-order valence-corrected chi connectivity index (χ1v) is 4.76. The Morgan fingerprint density at radius 3 is 2.31 bits per heavy atom. The van der Waals surface area contributed by atoms with E-state index in [2.05, 4.69) is 31.2 Å². The highest BCUT2D eigenvalue weighted by molar-refractivity contribution is 5.84. The molecule has 0 aliphatic heterocycles. The molecule has 0 rings (SSSR count). The van der Waals surface area contributed by atoms with Gasteiger partial charge in [-0.05, 0) is 19.3 Å². The van der Waals surface area contributed by atoms with Gasteiger partial charge in [-0.25, -0.2) is 0 Å². The SMILES string of the molecule is CCC(NC(C)C(N)=NO)C(C)C. The molecule has 0 saturated heterocycles. The van der Waals surface area contributed by atoms with Crippen LogP contribution in [0.1, 0.15) is 34.1 Å². The van der Waals surface area contributed by atoms with Crippen LogP contribution in [0.2, 0.25) is 0 Å². The van der Waals surface area contributed by atoms with Gasteiger partial charge < -0.3 is 16.3 Å². The van der Waals surface area contributed by atoms with E-state index in [0.29, 0.717) is 12.0 Å². The Kier molecular flexibility index (Phi) is 5.46. The molecule has 0 spiro atoms. The maximum absolute atomic E-state index is 8.45. The Hall–Kier alpha value is -0.770. The lowest BCUT2D eigenvalue weighted by molar-refractivity contribution is 0.311. The average Bonchev–Trinajstić information content (AvgIpc) is 2.11. The van der Waals surface area contributed by atoms with Gasteiger partial charge in [-0.2, -0.15) is 0 Å². The molecule has 0 aromatic heterocycles. The van der Waals surface area contributed by atoms with Crippen molar-refractivity contribution in [3.05, 3.63) is 0 Å². The fourth-order valence-electron chi connectivity index (χ4n) is 1.27. The predicted octanol–water partition coefficient (Wildman–Crippen LogP) is 1.15. The van der Waals surface area contributed by atoms with Crippen LogP contribution >= 0.6 is 0 Å². The van der Waals surface area contributed by atoms with Gasteiger partial charge in [-0.1, -0.05) is 25.9 Å². The van der Waals surface area contributed by atoms with Crippen LogP contribution in [-0.4, -0.2) is 23.1 Å². The van der Waals surface area contributed by atoms with Crippen molar-refractivity contribution in [2.24, 2.45) is 16.8 Å². The van der Waals surface area contributed by atoms with Gasteiger partial charge in [0, 0.05) is 6.04 Å². The van der Waals surface area contributed by atoms with Crippen LogP contribution in [0, 0.1) is 5.92 Å². The largest absolute Gasteiger partial charge is 0.409 e. The number of hydrogen-bond acceptors (Lipinski definition) is 3. The van der Waals surface area contributed by atoms with E-state index >= 15 is 0 Å². The van der Waals surface area contributed by atoms with Crippen molar-refractivity contribution in [2.45, 2.75) is 46.2 Å². The fourth-order valence-corrected chi connectivity index (χ4v) is 1.27. The van der Waals surface area contributed by atoms with Crippen LogP contribution in [0.5, 0.6) is 0 Å². The van der Waals surface area contributed by atoms with E-state index in [4.69, 9.17) is 10.9 Å². The lowest BCUT2D eigenvalue weighted by atomic mass is 10.0. The summed E-state index contributed by atoms with van der Waals surface area (Å²) in [5.74, 6) is 0.790. The lowest BCUT2D eigenvalue weighted by Gasteiger charge is -2.24. The van der Waals surface area contributed by atoms with Crippen molar-refractivity contribution < 1.29 is 5.21 Å². The minimum atomic E-state index is -0.0719. The second-order valence-corrected chi connectivity index (χ2v) is 3.67. The zero-order valence-corrected chi connectivity index (χ0v) is 8.91. The summed E-state index contributed by atoms with van der Waals surface area (Å²) < 4.78 is 0. The predicted molar refractivity (Wildman–Crippen MR) is 54.9 cm³/mol. The summed E-state index contributed by atoms with van der Waals surface area (Å²) in [6, 6.07) is 0.340. The summed E-state index contributed by atoms with van der Waals surface area (Å²) in [6.07, 6.45) is 1.04. The number of nitrogens with zero attached hydrogens (tertiary/aromatic N) is 1. The van der Waals surface area contributed by atoms with E-state index in [0.717, 1.165) is 6.42 Å². The third-order valence-corrected chi connectivity index (χ3v) is 2.27. The molecule has 2 unspecified atom stereocenters. The molecule has 78 valence electrons. The summed E-state index contributed by atoms with van der Waals surface area (Å²) in [7, 11) is 0. The highest BCUT2D eigenvalue weighted by Crippen LogP contribution is 2.06. The molecule has 0 aliphatic carbocycles. The van der Waals surface area contributed by atoms with Crippen molar-refractivity contribution in [1.82, 2.24) is 5.32 Å². The molecular formula is C9H21N3O. The van der Waals surface area contributed by atoms with Gasteiger partial charge in [0.2, 0.25) is 0 Å². The van der Waals surface area contributed by atoms with Gasteiger partial charge in [0.1, 0.15) is 0 Å². The zero-order chi connectivity index (χ0) is 10.4. The van der Waals surface area contributed by atoms with Gasteiger partial charge in [-0.3, -0.25) is 0 Å². The van der Waals surface area contributed by atoms with E-state index in [1.54, 1.807) is 0 Å². The smallest absolute Gasteiger partial charge is 0.156 e. The Morgan fingerprint density at radius 2 is 2.00 bits per heavy atom. The first kappa shape index (κ1) is 12.2. The first-order valence-electron chi connectivity index (χ1n) is 4.76. The van der Waals surface area contributed by atoms with E-state index < -0.39 is 0 Å². The van der Waals surface area contributed by atoms with Gasteiger partial charge in [0.05, 0.1) is 6.04 Å². The zero-order valence-electron chi connectivity index (χ0n) is 8.91. The molecule has 2 atom stereocenters. The fraction of sp³-hybridized carbons (Fsp3) is 0.889. The van der Waals surface area contributed by atoms with Crippen LogP contribution in [0.3, 0.4) is 0 Å². The normalized spacial score (nSPS) is 17.5. The highest BCUT2D eigenvalue weighted by atomic mass is 16.4. The summed E-state index contributed by atoms with van der Waals surface area (Å²) >= 11 is 0. The number of rotatable bonds is 5. The molecule has 0 fully saturated rings. The van der Waals surface area contributed by atoms with Gasteiger partial charge in [0.15, 0.2) is 5.84 Å². The van der Waals surface area contributed by atoms with E-state index in [-0.39, 0.29) is 11.9 Å². The Labute approximate surface area is 80.2 Å². The van der Waals surface area contributed by atoms with Crippen molar-refractivity contribution >= 4 is 5.84 Å². The lowest BCUT2D eigenvalue weighted by Crippen LogP contribution is -2.46. The molecule has 13 heavy (non-hydrogen) atoms. The second kappa shape index (κ2) is 5.80. The molecule has 0 aliphatic rings. The molecule has 4 heteroatoms. The van der Waals surface area contributed by atoms with Crippen LogP contribution < -0.4 is 11.1 Å². The Morgan fingerprint density at radius 1 is 1.46 bits per heavy atom. The molecule has 0 radical (unpaired) electrons. The van der Waals surface area contributed by atoms with E-state index in [9.17, 15) is 0 Å². The summed E-state index contributed by atoms with van der Waals surface area (Å²) in [5.41, 5.74) is 5.46. The average molecular weight is 187 g/mol. The summed E-state index contributed by atoms with van der Waals surface area (Å²) in [6.45, 7) is 8.32. The molecule has 0 aromatic carbocycles. The van der Waals surface area contributed by atoms with Gasteiger partial charge >= 0.3 is 0 Å². The van der Waals surface area contributed by atoms with Gasteiger partial charge in [0.25, 0.3) is 0 Å². The van der Waals surface area contributed by atoms with Crippen LogP contribution in [0.15, 0.2) is 5.16 Å². The third kappa shape index (κ3) is 4.12. The number of oxime groups is 1. The maximum atomic E-state index is 8.45. The Balaban J connectivity index is 4.08. The molecular weight excluding hydrogens is 166 g/mol. The molecule has 0 heterocycles. The highest BCUT2D eigenvalue weighted by Gasteiger charge is 2.15. The number of nitrogens with one attached hydrogen (secondary N) is 1. The molecule has 4 nitrogen and oxygen atoms in total. The molecule has 0 amide bonds. The second-order valence-electron chi connectivity index (χ2n) is 3.67. The quantitative estimate of drug-likeness (QED) is 0.262. The number of amidine groups is 1.